The molecule has 0 saturated heterocycles. The van der Waals surface area contributed by atoms with Crippen molar-refractivity contribution in [1.29, 1.82) is 0 Å². The van der Waals surface area contributed by atoms with Crippen LogP contribution in [-0.2, 0) is 6.42 Å². The predicted octanol–water partition coefficient (Wildman–Crippen LogP) is 3.78. The smallest absolute Gasteiger partial charge is 0.163 e. The van der Waals surface area contributed by atoms with Gasteiger partial charge in [-0.05, 0) is 25.5 Å². The molecule has 0 aliphatic carbocycles. The summed E-state index contributed by atoms with van der Waals surface area (Å²) in [6.07, 6.45) is 3.00. The molecule has 112 valence electrons. The number of ether oxygens (including phenoxy) is 2. The first-order valence-electron chi connectivity index (χ1n) is 7.79. The number of aromatic nitrogens is 1. The Morgan fingerprint density at radius 3 is 2.57 bits per heavy atom. The molecule has 0 spiro atoms. The lowest BCUT2D eigenvalue weighted by molar-refractivity contribution is 0.297. The lowest BCUT2D eigenvalue weighted by atomic mass is 10.1. The Hall–Kier alpha value is -1.97. The number of nitrogens with zero attached hydrogens (tertiary/aromatic N) is 1. The Labute approximate surface area is 125 Å². The number of hydrogen-bond acceptors (Lipinski definition) is 4. The zero-order valence-corrected chi connectivity index (χ0v) is 12.7. The SMILES string of the molecule is CCCc1cc(NCC)c2cc3c(cc2n1)OCCCO3. The van der Waals surface area contributed by atoms with Crippen molar-refractivity contribution in [3.8, 4) is 11.5 Å². The van der Waals surface area contributed by atoms with E-state index in [-0.39, 0.29) is 0 Å². The Bertz CT molecular complexity index is 640. The summed E-state index contributed by atoms with van der Waals surface area (Å²) in [7, 11) is 0. The molecule has 1 aliphatic heterocycles. The highest BCUT2D eigenvalue weighted by Gasteiger charge is 2.14. The van der Waals surface area contributed by atoms with Crippen LogP contribution in [0, 0.1) is 0 Å². The molecule has 0 amide bonds. The van der Waals surface area contributed by atoms with Crippen molar-refractivity contribution in [3.05, 3.63) is 23.9 Å². The Morgan fingerprint density at radius 1 is 1.10 bits per heavy atom. The second-order valence-corrected chi connectivity index (χ2v) is 5.31. The van der Waals surface area contributed by atoms with E-state index in [9.17, 15) is 0 Å². The molecule has 2 heterocycles. The van der Waals surface area contributed by atoms with Gasteiger partial charge in [0.15, 0.2) is 11.5 Å². The van der Waals surface area contributed by atoms with Gasteiger partial charge in [-0.1, -0.05) is 13.3 Å². The molecule has 0 radical (unpaired) electrons. The predicted molar refractivity (Wildman–Crippen MR) is 85.5 cm³/mol. The monoisotopic (exact) mass is 286 g/mol. The number of aryl methyl sites for hydroxylation is 1. The van der Waals surface area contributed by atoms with Crippen molar-refractivity contribution in [2.45, 2.75) is 33.1 Å². The molecular weight excluding hydrogens is 264 g/mol. The van der Waals surface area contributed by atoms with Crippen molar-refractivity contribution in [2.24, 2.45) is 0 Å². The van der Waals surface area contributed by atoms with E-state index in [2.05, 4.69) is 31.3 Å². The summed E-state index contributed by atoms with van der Waals surface area (Å²) in [5.74, 6) is 1.63. The number of hydrogen-bond donors (Lipinski definition) is 1. The minimum Gasteiger partial charge on any atom is -0.490 e. The van der Waals surface area contributed by atoms with Crippen LogP contribution in [0.15, 0.2) is 18.2 Å². The molecule has 3 rings (SSSR count). The third-order valence-electron chi connectivity index (χ3n) is 3.60. The summed E-state index contributed by atoms with van der Waals surface area (Å²) in [4.78, 5) is 4.77. The standard InChI is InChI=1S/C17H22N2O2/c1-3-6-12-9-14(18-4-2)13-10-16-17(11-15(13)19-12)21-8-5-7-20-16/h9-11H,3-8H2,1-2H3,(H,18,19). The van der Waals surface area contributed by atoms with Gasteiger partial charge < -0.3 is 14.8 Å². The minimum atomic E-state index is 0.702. The molecule has 0 unspecified atom stereocenters. The van der Waals surface area contributed by atoms with Gasteiger partial charge in [-0.15, -0.1) is 0 Å². The van der Waals surface area contributed by atoms with E-state index in [0.29, 0.717) is 13.2 Å². The summed E-state index contributed by atoms with van der Waals surface area (Å²) in [6.45, 7) is 6.57. The third kappa shape index (κ3) is 2.89. The van der Waals surface area contributed by atoms with Crippen molar-refractivity contribution >= 4 is 16.6 Å². The molecule has 0 atom stereocenters. The van der Waals surface area contributed by atoms with Crippen LogP contribution in [-0.4, -0.2) is 24.7 Å². The van der Waals surface area contributed by atoms with Crippen LogP contribution in [0.5, 0.6) is 11.5 Å². The second kappa shape index (κ2) is 6.20. The van der Waals surface area contributed by atoms with E-state index in [1.807, 2.05) is 6.07 Å². The van der Waals surface area contributed by atoms with E-state index >= 15 is 0 Å². The largest absolute Gasteiger partial charge is 0.490 e. The summed E-state index contributed by atoms with van der Waals surface area (Å²) < 4.78 is 11.6. The van der Waals surface area contributed by atoms with Gasteiger partial charge >= 0.3 is 0 Å². The summed E-state index contributed by atoms with van der Waals surface area (Å²) >= 11 is 0. The number of rotatable bonds is 4. The molecule has 1 N–H and O–H groups in total. The van der Waals surface area contributed by atoms with Crippen molar-refractivity contribution < 1.29 is 9.47 Å². The van der Waals surface area contributed by atoms with E-state index in [0.717, 1.165) is 59.6 Å². The van der Waals surface area contributed by atoms with E-state index < -0.39 is 0 Å². The lowest BCUT2D eigenvalue weighted by Gasteiger charge is -2.13. The van der Waals surface area contributed by atoms with Crippen LogP contribution in [0.2, 0.25) is 0 Å². The molecule has 21 heavy (non-hydrogen) atoms. The first kappa shape index (κ1) is 14.0. The summed E-state index contributed by atoms with van der Waals surface area (Å²) in [5, 5.41) is 4.53. The average molecular weight is 286 g/mol. The normalized spacial score (nSPS) is 14.0. The quantitative estimate of drug-likeness (QED) is 0.929. The molecular formula is C17H22N2O2. The van der Waals surface area contributed by atoms with Gasteiger partial charge in [-0.25, -0.2) is 0 Å². The van der Waals surface area contributed by atoms with Crippen LogP contribution >= 0.6 is 0 Å². The molecule has 4 heteroatoms. The van der Waals surface area contributed by atoms with Crippen molar-refractivity contribution in [1.82, 2.24) is 4.98 Å². The van der Waals surface area contributed by atoms with E-state index in [1.165, 1.54) is 0 Å². The minimum absolute atomic E-state index is 0.702. The first-order valence-corrected chi connectivity index (χ1v) is 7.79. The van der Waals surface area contributed by atoms with Crippen LogP contribution < -0.4 is 14.8 Å². The van der Waals surface area contributed by atoms with E-state index in [4.69, 9.17) is 14.5 Å². The van der Waals surface area contributed by atoms with Crippen LogP contribution in [0.3, 0.4) is 0 Å². The molecule has 0 bridgehead atoms. The highest BCUT2D eigenvalue weighted by Crippen LogP contribution is 2.36. The molecule has 1 aromatic heterocycles. The molecule has 1 aromatic carbocycles. The maximum absolute atomic E-state index is 5.79. The average Bonchev–Trinajstić information content (AvgIpc) is 2.71. The van der Waals surface area contributed by atoms with Crippen molar-refractivity contribution in [3.63, 3.8) is 0 Å². The topological polar surface area (TPSA) is 43.4 Å². The fourth-order valence-electron chi connectivity index (χ4n) is 2.66. The van der Waals surface area contributed by atoms with Gasteiger partial charge in [0.05, 0.1) is 18.7 Å². The lowest BCUT2D eigenvalue weighted by Crippen LogP contribution is -2.01. The van der Waals surface area contributed by atoms with Gasteiger partial charge in [0.2, 0.25) is 0 Å². The number of nitrogens with one attached hydrogen (secondary N) is 1. The Morgan fingerprint density at radius 2 is 1.86 bits per heavy atom. The fourth-order valence-corrected chi connectivity index (χ4v) is 2.66. The van der Waals surface area contributed by atoms with Crippen LogP contribution in [0.4, 0.5) is 5.69 Å². The molecule has 2 aromatic rings. The highest BCUT2D eigenvalue weighted by molar-refractivity contribution is 5.94. The third-order valence-corrected chi connectivity index (χ3v) is 3.60. The molecule has 0 saturated carbocycles. The summed E-state index contributed by atoms with van der Waals surface area (Å²) in [5.41, 5.74) is 3.22. The fraction of sp³-hybridized carbons (Fsp3) is 0.471. The highest BCUT2D eigenvalue weighted by atomic mass is 16.5. The second-order valence-electron chi connectivity index (χ2n) is 5.31. The number of benzene rings is 1. The zero-order chi connectivity index (χ0) is 14.7. The van der Waals surface area contributed by atoms with Crippen molar-refractivity contribution in [2.75, 3.05) is 25.1 Å². The molecule has 0 fully saturated rings. The van der Waals surface area contributed by atoms with E-state index in [1.54, 1.807) is 0 Å². The Balaban J connectivity index is 2.14. The van der Waals surface area contributed by atoms with Gasteiger partial charge in [-0.3, -0.25) is 4.98 Å². The van der Waals surface area contributed by atoms with Crippen LogP contribution in [0.1, 0.15) is 32.4 Å². The first-order chi connectivity index (χ1) is 10.3. The Kier molecular flexibility index (Phi) is 4.13. The maximum Gasteiger partial charge on any atom is 0.163 e. The van der Waals surface area contributed by atoms with Crippen LogP contribution in [0.25, 0.3) is 10.9 Å². The summed E-state index contributed by atoms with van der Waals surface area (Å²) in [6, 6.07) is 6.21. The number of anilines is 1. The number of pyridine rings is 1. The maximum atomic E-state index is 5.79. The van der Waals surface area contributed by atoms with Gasteiger partial charge in [0.1, 0.15) is 0 Å². The zero-order valence-electron chi connectivity index (χ0n) is 12.7. The van der Waals surface area contributed by atoms with Gasteiger partial charge in [0, 0.05) is 35.8 Å². The van der Waals surface area contributed by atoms with Gasteiger partial charge in [-0.2, -0.15) is 0 Å². The number of fused-ring (bicyclic) bond motifs is 2. The molecule has 1 aliphatic rings. The molecule has 4 nitrogen and oxygen atoms in total. The van der Waals surface area contributed by atoms with Gasteiger partial charge in [0.25, 0.3) is 0 Å².